The minimum atomic E-state index is 0. The van der Waals surface area contributed by atoms with Gasteiger partial charge in [0.25, 0.3) is 0 Å². The van der Waals surface area contributed by atoms with E-state index >= 15 is 0 Å². The van der Waals surface area contributed by atoms with Gasteiger partial charge in [-0.3, -0.25) is 9.69 Å². The van der Waals surface area contributed by atoms with E-state index in [1.165, 1.54) is 0 Å². The van der Waals surface area contributed by atoms with Gasteiger partial charge < -0.3 is 10.6 Å². The topological polar surface area (TPSA) is 44.4 Å². The number of benzene rings is 1. The van der Waals surface area contributed by atoms with Gasteiger partial charge in [-0.15, -0.1) is 12.4 Å². The molecule has 1 fully saturated rings. The minimum absolute atomic E-state index is 0. The Morgan fingerprint density at radius 2 is 2.26 bits per heavy atom. The lowest BCUT2D eigenvalue weighted by molar-refractivity contribution is -0.118. The van der Waals surface area contributed by atoms with Gasteiger partial charge in [0.15, 0.2) is 0 Å². The zero-order valence-electron chi connectivity index (χ0n) is 10.9. The third kappa shape index (κ3) is 4.76. The monoisotopic (exact) mass is 347 g/mol. The van der Waals surface area contributed by atoms with Gasteiger partial charge in [0.1, 0.15) is 0 Å². The zero-order chi connectivity index (χ0) is 13.0. The van der Waals surface area contributed by atoms with Gasteiger partial charge in [0.2, 0.25) is 5.91 Å². The van der Waals surface area contributed by atoms with Crippen LogP contribution in [0, 0.1) is 0 Å². The van der Waals surface area contributed by atoms with Crippen molar-refractivity contribution in [3.05, 3.63) is 28.7 Å². The number of hydrogen-bond acceptors (Lipinski definition) is 3. The number of carbonyl (C=O) groups is 1. The molecule has 1 aliphatic heterocycles. The number of carbonyl (C=O) groups excluding carboxylic acids is 1. The maximum Gasteiger partial charge on any atom is 0.238 e. The van der Waals surface area contributed by atoms with E-state index in [0.29, 0.717) is 12.6 Å². The molecule has 0 aliphatic carbocycles. The van der Waals surface area contributed by atoms with Crippen molar-refractivity contribution >= 4 is 39.9 Å². The van der Waals surface area contributed by atoms with Crippen LogP contribution >= 0.6 is 28.3 Å². The first kappa shape index (κ1) is 16.4. The molecule has 1 aromatic carbocycles. The number of piperazine rings is 1. The van der Waals surface area contributed by atoms with Crippen LogP contribution in [0.2, 0.25) is 0 Å². The Kier molecular flexibility index (Phi) is 6.79. The summed E-state index contributed by atoms with van der Waals surface area (Å²) in [7, 11) is 0. The quantitative estimate of drug-likeness (QED) is 0.879. The van der Waals surface area contributed by atoms with Crippen LogP contribution in [0.25, 0.3) is 0 Å². The van der Waals surface area contributed by atoms with Crippen molar-refractivity contribution in [1.29, 1.82) is 0 Å². The van der Waals surface area contributed by atoms with Gasteiger partial charge in [-0.05, 0) is 35.0 Å². The number of nitrogens with one attached hydrogen (secondary N) is 2. The number of hydrogen-bond donors (Lipinski definition) is 2. The van der Waals surface area contributed by atoms with Crippen LogP contribution in [0.5, 0.6) is 0 Å². The summed E-state index contributed by atoms with van der Waals surface area (Å²) in [5.74, 6) is 0.0376. The van der Waals surface area contributed by atoms with E-state index in [4.69, 9.17) is 0 Å². The lowest BCUT2D eigenvalue weighted by Gasteiger charge is -2.33. The predicted octanol–water partition coefficient (Wildman–Crippen LogP) is 2.10. The van der Waals surface area contributed by atoms with Crippen molar-refractivity contribution in [2.75, 3.05) is 31.5 Å². The Morgan fingerprint density at radius 3 is 2.95 bits per heavy atom. The van der Waals surface area contributed by atoms with Gasteiger partial charge >= 0.3 is 0 Å². The SMILES string of the molecule is CC1CNCCN1CC(=O)Nc1ccccc1Br.Cl. The fourth-order valence-corrected chi connectivity index (χ4v) is 2.44. The van der Waals surface area contributed by atoms with Crippen LogP contribution in [0.15, 0.2) is 28.7 Å². The maximum absolute atomic E-state index is 12.0. The number of rotatable bonds is 3. The Labute approximate surface area is 128 Å². The number of halogens is 2. The number of para-hydroxylation sites is 1. The molecule has 1 heterocycles. The molecule has 1 aromatic rings. The zero-order valence-corrected chi connectivity index (χ0v) is 13.3. The van der Waals surface area contributed by atoms with Crippen molar-refractivity contribution in [3.8, 4) is 0 Å². The van der Waals surface area contributed by atoms with E-state index in [1.54, 1.807) is 0 Å². The van der Waals surface area contributed by atoms with Gasteiger partial charge in [-0.1, -0.05) is 12.1 Å². The second-order valence-electron chi connectivity index (χ2n) is 4.55. The minimum Gasteiger partial charge on any atom is -0.324 e. The molecule has 1 amide bonds. The van der Waals surface area contributed by atoms with E-state index < -0.39 is 0 Å². The number of nitrogens with zero attached hydrogens (tertiary/aromatic N) is 1. The van der Waals surface area contributed by atoms with Crippen LogP contribution in [-0.2, 0) is 4.79 Å². The highest BCUT2D eigenvalue weighted by Gasteiger charge is 2.20. The van der Waals surface area contributed by atoms with Crippen molar-refractivity contribution in [1.82, 2.24) is 10.2 Å². The van der Waals surface area contributed by atoms with Crippen molar-refractivity contribution in [2.45, 2.75) is 13.0 Å². The second kappa shape index (κ2) is 7.85. The molecule has 1 aliphatic rings. The summed E-state index contributed by atoms with van der Waals surface area (Å²) in [6, 6.07) is 8.06. The van der Waals surface area contributed by atoms with Gasteiger partial charge in [0.05, 0.1) is 12.2 Å². The first-order valence-corrected chi connectivity index (χ1v) is 6.95. The molecule has 0 saturated carbocycles. The average Bonchev–Trinajstić information content (AvgIpc) is 2.35. The highest BCUT2D eigenvalue weighted by Crippen LogP contribution is 2.21. The maximum atomic E-state index is 12.0. The summed E-state index contributed by atoms with van der Waals surface area (Å²) in [6.07, 6.45) is 0. The lowest BCUT2D eigenvalue weighted by atomic mass is 10.2. The van der Waals surface area contributed by atoms with E-state index in [-0.39, 0.29) is 18.3 Å². The molecule has 0 bridgehead atoms. The Balaban J connectivity index is 0.00000180. The third-order valence-corrected chi connectivity index (χ3v) is 3.83. The molecule has 106 valence electrons. The van der Waals surface area contributed by atoms with Crippen molar-refractivity contribution < 1.29 is 4.79 Å². The van der Waals surface area contributed by atoms with Gasteiger partial charge in [-0.2, -0.15) is 0 Å². The van der Waals surface area contributed by atoms with Crippen LogP contribution in [0.3, 0.4) is 0 Å². The number of anilines is 1. The summed E-state index contributed by atoms with van der Waals surface area (Å²) in [5.41, 5.74) is 0.824. The molecule has 19 heavy (non-hydrogen) atoms. The molecule has 2 N–H and O–H groups in total. The standard InChI is InChI=1S/C13H18BrN3O.ClH/c1-10-8-15-6-7-17(10)9-13(18)16-12-5-3-2-4-11(12)14;/h2-5,10,15H,6-9H2,1H3,(H,16,18);1H. The smallest absolute Gasteiger partial charge is 0.238 e. The average molecular weight is 349 g/mol. The summed E-state index contributed by atoms with van der Waals surface area (Å²) in [5, 5.41) is 6.25. The lowest BCUT2D eigenvalue weighted by Crippen LogP contribution is -2.51. The molecule has 2 rings (SSSR count). The van der Waals surface area contributed by atoms with Crippen LogP contribution in [0.1, 0.15) is 6.92 Å². The largest absolute Gasteiger partial charge is 0.324 e. The van der Waals surface area contributed by atoms with Crippen LogP contribution in [-0.4, -0.2) is 43.0 Å². The van der Waals surface area contributed by atoms with Gasteiger partial charge in [-0.25, -0.2) is 0 Å². The second-order valence-corrected chi connectivity index (χ2v) is 5.41. The van der Waals surface area contributed by atoms with E-state index in [0.717, 1.165) is 29.8 Å². The van der Waals surface area contributed by atoms with E-state index in [2.05, 4.69) is 38.4 Å². The molecule has 1 saturated heterocycles. The van der Waals surface area contributed by atoms with Crippen LogP contribution < -0.4 is 10.6 Å². The molecule has 1 atom stereocenters. The first-order valence-electron chi connectivity index (χ1n) is 6.16. The van der Waals surface area contributed by atoms with E-state index in [1.807, 2.05) is 24.3 Å². The molecule has 0 spiro atoms. The molecular formula is C13H19BrClN3O. The highest BCUT2D eigenvalue weighted by molar-refractivity contribution is 9.10. The Morgan fingerprint density at radius 1 is 1.53 bits per heavy atom. The van der Waals surface area contributed by atoms with Gasteiger partial charge in [0, 0.05) is 30.1 Å². The summed E-state index contributed by atoms with van der Waals surface area (Å²) < 4.78 is 0.909. The molecule has 0 radical (unpaired) electrons. The molecular weight excluding hydrogens is 330 g/mol. The fraction of sp³-hybridized carbons (Fsp3) is 0.462. The normalized spacial score (nSPS) is 19.6. The molecule has 4 nitrogen and oxygen atoms in total. The Hall–Kier alpha value is -0.620. The summed E-state index contributed by atoms with van der Waals surface area (Å²) in [6.45, 7) is 5.40. The molecule has 6 heteroatoms. The fourth-order valence-electron chi connectivity index (χ4n) is 2.05. The van der Waals surface area contributed by atoms with Crippen molar-refractivity contribution in [2.24, 2.45) is 0 Å². The predicted molar refractivity (Wildman–Crippen MR) is 83.9 cm³/mol. The summed E-state index contributed by atoms with van der Waals surface area (Å²) >= 11 is 3.42. The molecule has 1 unspecified atom stereocenters. The third-order valence-electron chi connectivity index (χ3n) is 3.13. The molecule has 0 aromatic heterocycles. The highest BCUT2D eigenvalue weighted by atomic mass is 79.9. The van der Waals surface area contributed by atoms with Crippen molar-refractivity contribution in [3.63, 3.8) is 0 Å². The first-order chi connectivity index (χ1) is 8.66. The Bertz CT molecular complexity index is 430. The number of amides is 1. The van der Waals surface area contributed by atoms with E-state index in [9.17, 15) is 4.79 Å². The summed E-state index contributed by atoms with van der Waals surface area (Å²) in [4.78, 5) is 14.2. The van der Waals surface area contributed by atoms with Crippen LogP contribution in [0.4, 0.5) is 5.69 Å².